The lowest BCUT2D eigenvalue weighted by Gasteiger charge is -2.21. The highest BCUT2D eigenvalue weighted by Crippen LogP contribution is 2.45. The third-order valence-corrected chi connectivity index (χ3v) is 18.4. The largest absolute Gasteiger partial charge is 0.472 e. The fourth-order valence-electron chi connectivity index (χ4n) is 10.8. The number of phosphoric acid groups is 2. The van der Waals surface area contributed by atoms with Gasteiger partial charge in [-0.15, -0.1) is 0 Å². The molecule has 0 aliphatic rings. The molecule has 5 atom stereocenters. The smallest absolute Gasteiger partial charge is 0.462 e. The summed E-state index contributed by atoms with van der Waals surface area (Å²) in [6, 6.07) is 0. The van der Waals surface area contributed by atoms with Gasteiger partial charge in [-0.1, -0.05) is 311 Å². The summed E-state index contributed by atoms with van der Waals surface area (Å²) in [5, 5.41) is 10.6. The van der Waals surface area contributed by atoms with Gasteiger partial charge in [-0.2, -0.15) is 0 Å². The third-order valence-electron chi connectivity index (χ3n) is 16.5. The lowest BCUT2D eigenvalue weighted by atomic mass is 10.0. The summed E-state index contributed by atoms with van der Waals surface area (Å²) < 4.78 is 68.3. The Morgan fingerprint density at radius 3 is 0.756 bits per heavy atom. The highest BCUT2D eigenvalue weighted by molar-refractivity contribution is 7.47. The Labute approximate surface area is 549 Å². The van der Waals surface area contributed by atoms with Crippen LogP contribution in [0.25, 0.3) is 0 Å². The Bertz CT molecular complexity index is 1750. The van der Waals surface area contributed by atoms with Gasteiger partial charge < -0.3 is 33.8 Å². The number of ether oxygens (including phenoxy) is 4. The number of esters is 4. The van der Waals surface area contributed by atoms with Crippen molar-refractivity contribution in [3.8, 4) is 0 Å². The van der Waals surface area contributed by atoms with E-state index in [1.807, 2.05) is 0 Å². The average Bonchev–Trinajstić information content (AvgIpc) is 2.48. The summed E-state index contributed by atoms with van der Waals surface area (Å²) in [4.78, 5) is 72.5. The van der Waals surface area contributed by atoms with Crippen molar-refractivity contribution in [3.63, 3.8) is 0 Å². The minimum atomic E-state index is -4.95. The molecule has 0 aromatic rings. The van der Waals surface area contributed by atoms with E-state index in [2.05, 4.69) is 41.5 Å². The number of hydrogen-bond acceptors (Lipinski definition) is 15. The van der Waals surface area contributed by atoms with E-state index in [0.29, 0.717) is 31.6 Å². The summed E-state index contributed by atoms with van der Waals surface area (Å²) in [7, 11) is -9.90. The van der Waals surface area contributed by atoms with Gasteiger partial charge in [0.05, 0.1) is 26.4 Å². The first-order valence-electron chi connectivity index (χ1n) is 37.0. The molecule has 0 saturated heterocycles. The van der Waals surface area contributed by atoms with Crippen LogP contribution in [0.2, 0.25) is 0 Å². The molecule has 0 aromatic heterocycles. The zero-order valence-electron chi connectivity index (χ0n) is 58.4. The molecule has 17 nitrogen and oxygen atoms in total. The molecule has 19 heteroatoms. The summed E-state index contributed by atoms with van der Waals surface area (Å²) in [6.45, 7) is 9.46. The van der Waals surface area contributed by atoms with Crippen molar-refractivity contribution < 1.29 is 80.2 Å². The van der Waals surface area contributed by atoms with Crippen LogP contribution in [0, 0.1) is 11.8 Å². The fourth-order valence-corrected chi connectivity index (χ4v) is 12.3. The Morgan fingerprint density at radius 1 is 0.300 bits per heavy atom. The van der Waals surface area contributed by atoms with Gasteiger partial charge >= 0.3 is 39.5 Å². The van der Waals surface area contributed by atoms with Crippen LogP contribution in [0.4, 0.5) is 0 Å². The first-order valence-corrected chi connectivity index (χ1v) is 40.0. The molecule has 90 heavy (non-hydrogen) atoms. The number of aliphatic hydroxyl groups is 1. The van der Waals surface area contributed by atoms with Crippen LogP contribution in [0.5, 0.6) is 0 Å². The van der Waals surface area contributed by atoms with Gasteiger partial charge in [0.1, 0.15) is 19.3 Å². The van der Waals surface area contributed by atoms with Crippen LogP contribution in [-0.2, 0) is 65.4 Å². The molecule has 0 fully saturated rings. The van der Waals surface area contributed by atoms with E-state index in [4.69, 9.17) is 37.0 Å². The number of carbonyl (C=O) groups is 4. The molecule has 0 saturated carbocycles. The Kier molecular flexibility index (Phi) is 61.8. The van der Waals surface area contributed by atoms with Crippen LogP contribution in [0.1, 0.15) is 363 Å². The molecule has 0 radical (unpaired) electrons. The Hall–Kier alpha value is -1.94. The maximum atomic E-state index is 13.0. The number of phosphoric ester groups is 2. The van der Waals surface area contributed by atoms with Crippen molar-refractivity contribution in [2.75, 3.05) is 39.6 Å². The predicted molar refractivity (Wildman–Crippen MR) is 363 cm³/mol. The number of unbranched alkanes of at least 4 members (excludes halogenated alkanes) is 40. The predicted octanol–water partition coefficient (Wildman–Crippen LogP) is 20.4. The molecule has 534 valence electrons. The molecule has 0 heterocycles. The van der Waals surface area contributed by atoms with Crippen LogP contribution in [0.3, 0.4) is 0 Å². The van der Waals surface area contributed by atoms with Crippen LogP contribution < -0.4 is 0 Å². The summed E-state index contributed by atoms with van der Waals surface area (Å²) in [5.74, 6) is -0.701. The summed E-state index contributed by atoms with van der Waals surface area (Å²) in [5.41, 5.74) is 0. The van der Waals surface area contributed by atoms with E-state index in [9.17, 15) is 43.2 Å². The van der Waals surface area contributed by atoms with E-state index >= 15 is 0 Å². The molecule has 0 aliphatic heterocycles. The molecule has 2 unspecified atom stereocenters. The number of aliphatic hydroxyl groups excluding tert-OH is 1. The maximum Gasteiger partial charge on any atom is 0.472 e. The van der Waals surface area contributed by atoms with Gasteiger partial charge in [0, 0.05) is 25.7 Å². The normalized spacial score (nSPS) is 14.1. The molecule has 0 amide bonds. The molecule has 0 bridgehead atoms. The molecule has 0 rings (SSSR count). The molecular weight excluding hydrogens is 1190 g/mol. The van der Waals surface area contributed by atoms with Crippen molar-refractivity contribution >= 4 is 39.5 Å². The molecule has 3 N–H and O–H groups in total. The summed E-state index contributed by atoms with van der Waals surface area (Å²) >= 11 is 0. The first-order chi connectivity index (χ1) is 43.4. The molecular formula is C71H138O17P2. The van der Waals surface area contributed by atoms with E-state index in [-0.39, 0.29) is 25.7 Å². The van der Waals surface area contributed by atoms with Crippen LogP contribution in [0.15, 0.2) is 0 Å². The van der Waals surface area contributed by atoms with Crippen molar-refractivity contribution in [1.29, 1.82) is 0 Å². The van der Waals surface area contributed by atoms with E-state index < -0.39 is 97.5 Å². The Morgan fingerprint density at radius 2 is 0.511 bits per heavy atom. The van der Waals surface area contributed by atoms with Crippen molar-refractivity contribution in [3.05, 3.63) is 0 Å². The van der Waals surface area contributed by atoms with Crippen molar-refractivity contribution in [1.82, 2.24) is 0 Å². The fraction of sp³-hybridized carbons (Fsp3) is 0.944. The average molecular weight is 1330 g/mol. The third kappa shape index (κ3) is 64.8. The Balaban J connectivity index is 5.23. The highest BCUT2D eigenvalue weighted by atomic mass is 31.2. The number of carbonyl (C=O) groups excluding carboxylic acids is 4. The molecule has 0 aliphatic carbocycles. The van der Waals surface area contributed by atoms with Crippen molar-refractivity contribution in [2.45, 2.75) is 381 Å². The number of rotatable bonds is 70. The minimum Gasteiger partial charge on any atom is -0.462 e. The lowest BCUT2D eigenvalue weighted by molar-refractivity contribution is -0.161. The van der Waals surface area contributed by atoms with E-state index in [1.165, 1.54) is 173 Å². The standard InChI is InChI=1S/C71H138O17P2/c1-7-9-11-13-15-17-19-21-22-23-24-25-27-29-36-43-49-55-70(75)87-66(59-81-68(73)53-47-41-35-28-26-20-18-16-14-12-10-8-2)61-85-89(77,78)83-57-65(72)58-84-90(79,80)86-62-67(60-82-69(74)54-48-42-38-32-34-40-46-52-64(5)6)88-71(76)56-50-44-37-31-30-33-39-45-51-63(3)4/h63-67,72H,7-62H2,1-6H3,(H,77,78)(H,79,80)/t65-,66-,67-/m1/s1. The first kappa shape index (κ1) is 88.1. The summed E-state index contributed by atoms with van der Waals surface area (Å²) in [6.07, 6.45) is 48.7. The highest BCUT2D eigenvalue weighted by Gasteiger charge is 2.30. The second kappa shape index (κ2) is 63.1. The van der Waals surface area contributed by atoms with Gasteiger partial charge in [0.2, 0.25) is 0 Å². The second-order valence-electron chi connectivity index (χ2n) is 26.6. The maximum absolute atomic E-state index is 13.0. The lowest BCUT2D eigenvalue weighted by Crippen LogP contribution is -2.30. The second-order valence-corrected chi connectivity index (χ2v) is 29.5. The van der Waals surface area contributed by atoms with Gasteiger partial charge in [-0.3, -0.25) is 37.3 Å². The zero-order chi connectivity index (χ0) is 66.5. The van der Waals surface area contributed by atoms with Gasteiger partial charge in [-0.25, -0.2) is 9.13 Å². The quantitative estimate of drug-likeness (QED) is 0.0222. The molecule has 0 aromatic carbocycles. The van der Waals surface area contributed by atoms with Gasteiger partial charge in [0.25, 0.3) is 0 Å². The monoisotopic (exact) mass is 1320 g/mol. The molecule has 0 spiro atoms. The van der Waals surface area contributed by atoms with Gasteiger partial charge in [0.15, 0.2) is 12.2 Å². The van der Waals surface area contributed by atoms with E-state index in [1.54, 1.807) is 0 Å². The van der Waals surface area contributed by atoms with Crippen molar-refractivity contribution in [2.24, 2.45) is 11.8 Å². The van der Waals surface area contributed by atoms with Crippen LogP contribution >= 0.6 is 15.6 Å². The zero-order valence-corrected chi connectivity index (χ0v) is 60.2. The topological polar surface area (TPSA) is 237 Å². The van der Waals surface area contributed by atoms with Gasteiger partial charge in [-0.05, 0) is 37.5 Å². The van der Waals surface area contributed by atoms with E-state index in [0.717, 1.165) is 102 Å². The SMILES string of the molecule is CCCCCCCCCCCCCCCCCCCC(=O)O[C@H](COC(=O)CCCCCCCCCCCCCC)COP(=O)(O)OC[C@@H](O)COP(=O)(O)OC[C@@H](COC(=O)CCCCCCCCCC(C)C)OC(=O)CCCCCCCCCCC(C)C. The van der Waals surface area contributed by atoms with Crippen LogP contribution in [-0.4, -0.2) is 96.7 Å². The number of hydrogen-bond donors (Lipinski definition) is 3. The minimum absolute atomic E-state index is 0.104.